The van der Waals surface area contributed by atoms with Gasteiger partial charge in [-0.15, -0.1) is 5.10 Å². The number of carbonyl (C=O) groups is 1. The molecule has 4 aromatic rings. The molecule has 1 saturated heterocycles. The molecule has 5 rings (SSSR count). The zero-order valence-corrected chi connectivity index (χ0v) is 14.6. The molecule has 0 unspecified atom stereocenters. The fourth-order valence-corrected chi connectivity index (χ4v) is 3.48. The van der Waals surface area contributed by atoms with E-state index in [1.54, 1.807) is 10.6 Å². The molecule has 5 heterocycles. The van der Waals surface area contributed by atoms with Crippen LogP contribution in [0.25, 0.3) is 22.3 Å². The average Bonchev–Trinajstić information content (AvgIpc) is 3.31. The molecule has 136 valence electrons. The van der Waals surface area contributed by atoms with Crippen LogP contribution in [0.2, 0.25) is 0 Å². The van der Waals surface area contributed by atoms with E-state index in [0.29, 0.717) is 17.7 Å². The Balaban J connectivity index is 1.50. The Morgan fingerprint density at radius 3 is 2.89 bits per heavy atom. The number of hydrogen-bond acceptors (Lipinski definition) is 6. The molecule has 1 aliphatic heterocycles. The predicted octanol–water partition coefficient (Wildman–Crippen LogP) is 2.45. The van der Waals surface area contributed by atoms with E-state index in [9.17, 15) is 4.79 Å². The van der Waals surface area contributed by atoms with Gasteiger partial charge in [-0.3, -0.25) is 9.20 Å². The molecule has 8 nitrogen and oxygen atoms in total. The van der Waals surface area contributed by atoms with Crippen LogP contribution in [0.5, 0.6) is 0 Å². The third-order valence-electron chi connectivity index (χ3n) is 4.94. The van der Waals surface area contributed by atoms with Gasteiger partial charge in [0.1, 0.15) is 11.3 Å². The topological polar surface area (TPSA) is 85.8 Å². The van der Waals surface area contributed by atoms with Crippen molar-refractivity contribution in [2.24, 2.45) is 0 Å². The summed E-state index contributed by atoms with van der Waals surface area (Å²) in [6.07, 6.45) is 9.95. The zero-order valence-electron chi connectivity index (χ0n) is 14.6. The summed E-state index contributed by atoms with van der Waals surface area (Å²) >= 11 is 0. The molecule has 0 radical (unpaired) electrons. The second-order valence-electron chi connectivity index (χ2n) is 6.62. The number of imidazole rings is 1. The molecule has 4 aromatic heterocycles. The summed E-state index contributed by atoms with van der Waals surface area (Å²) in [5, 5.41) is 7.96. The normalized spacial score (nSPS) is 15.4. The number of aromatic nitrogens is 5. The fourth-order valence-electron chi connectivity index (χ4n) is 3.48. The van der Waals surface area contributed by atoms with E-state index in [-0.39, 0.29) is 0 Å². The molecule has 27 heavy (non-hydrogen) atoms. The summed E-state index contributed by atoms with van der Waals surface area (Å²) < 4.78 is 8.99. The minimum Gasteiger partial charge on any atom is -0.381 e. The number of anilines is 1. The first-order valence-corrected chi connectivity index (χ1v) is 8.93. The molecule has 0 aliphatic carbocycles. The molecule has 0 saturated carbocycles. The second-order valence-corrected chi connectivity index (χ2v) is 6.62. The van der Waals surface area contributed by atoms with E-state index in [0.717, 1.165) is 54.6 Å². The van der Waals surface area contributed by atoms with Gasteiger partial charge in [-0.2, -0.15) is 0 Å². The molecule has 0 amide bonds. The molecule has 1 aliphatic rings. The third-order valence-corrected chi connectivity index (χ3v) is 4.94. The van der Waals surface area contributed by atoms with E-state index in [2.05, 4.69) is 20.4 Å². The highest BCUT2D eigenvalue weighted by molar-refractivity contribution is 5.81. The maximum absolute atomic E-state index is 11.2. The van der Waals surface area contributed by atoms with Crippen molar-refractivity contribution in [2.75, 3.05) is 18.5 Å². The summed E-state index contributed by atoms with van der Waals surface area (Å²) in [5.74, 6) is 0.616. The lowest BCUT2D eigenvalue weighted by Crippen LogP contribution is -2.28. The summed E-state index contributed by atoms with van der Waals surface area (Å²) in [5.41, 5.74) is 4.14. The maximum Gasteiger partial charge on any atom is 0.241 e. The van der Waals surface area contributed by atoms with E-state index in [1.807, 2.05) is 41.3 Å². The number of nitrogens with zero attached hydrogens (tertiary/aromatic N) is 5. The van der Waals surface area contributed by atoms with E-state index in [4.69, 9.17) is 4.74 Å². The van der Waals surface area contributed by atoms with Crippen LogP contribution in [0, 0.1) is 0 Å². The third kappa shape index (κ3) is 2.83. The molecule has 8 heteroatoms. The molecule has 0 spiro atoms. The van der Waals surface area contributed by atoms with E-state index >= 15 is 0 Å². The second kappa shape index (κ2) is 6.48. The minimum atomic E-state index is 0.344. The highest BCUT2D eigenvalue weighted by Gasteiger charge is 2.15. The Morgan fingerprint density at radius 2 is 2.04 bits per heavy atom. The lowest BCUT2D eigenvalue weighted by molar-refractivity contribution is 0.0903. The van der Waals surface area contributed by atoms with Crippen molar-refractivity contribution in [1.82, 2.24) is 24.0 Å². The van der Waals surface area contributed by atoms with Gasteiger partial charge in [0.25, 0.3) is 0 Å². The zero-order chi connectivity index (χ0) is 18.2. The molecular weight excluding hydrogens is 344 g/mol. The first-order valence-electron chi connectivity index (χ1n) is 8.93. The largest absolute Gasteiger partial charge is 0.381 e. The van der Waals surface area contributed by atoms with Gasteiger partial charge in [-0.1, -0.05) is 0 Å². The number of pyridine rings is 1. The smallest absolute Gasteiger partial charge is 0.241 e. The highest BCUT2D eigenvalue weighted by atomic mass is 16.5. The number of fused-ring (bicyclic) bond motifs is 2. The summed E-state index contributed by atoms with van der Waals surface area (Å²) in [6, 6.07) is 6.23. The Morgan fingerprint density at radius 1 is 1.15 bits per heavy atom. The lowest BCUT2D eigenvalue weighted by Gasteiger charge is -2.22. The first kappa shape index (κ1) is 16.0. The number of hydrogen-bond donors (Lipinski definition) is 1. The van der Waals surface area contributed by atoms with Crippen LogP contribution in [0.4, 0.5) is 5.95 Å². The number of nitrogens with one attached hydrogen (secondary N) is 1. The van der Waals surface area contributed by atoms with Crippen LogP contribution in [-0.2, 0) is 4.74 Å². The van der Waals surface area contributed by atoms with Crippen molar-refractivity contribution in [3.05, 3.63) is 48.7 Å². The summed E-state index contributed by atoms with van der Waals surface area (Å²) in [4.78, 5) is 19.9. The van der Waals surface area contributed by atoms with Gasteiger partial charge in [0.15, 0.2) is 6.29 Å². The van der Waals surface area contributed by atoms with Crippen LogP contribution in [-0.4, -0.2) is 49.5 Å². The Labute approximate surface area is 154 Å². The number of rotatable bonds is 4. The highest BCUT2D eigenvalue weighted by Crippen LogP contribution is 2.26. The van der Waals surface area contributed by atoms with Crippen molar-refractivity contribution >= 4 is 23.4 Å². The Bertz CT molecular complexity index is 1130. The van der Waals surface area contributed by atoms with Gasteiger partial charge < -0.3 is 10.1 Å². The van der Waals surface area contributed by atoms with Gasteiger partial charge in [-0.05, 0) is 31.0 Å². The first-order chi connectivity index (χ1) is 13.3. The number of aldehydes is 1. The summed E-state index contributed by atoms with van der Waals surface area (Å²) in [7, 11) is 0. The Hall–Kier alpha value is -3.26. The van der Waals surface area contributed by atoms with Crippen molar-refractivity contribution in [1.29, 1.82) is 0 Å². The van der Waals surface area contributed by atoms with Crippen LogP contribution in [0.1, 0.15) is 23.3 Å². The van der Waals surface area contributed by atoms with Crippen molar-refractivity contribution in [3.63, 3.8) is 0 Å². The Kier molecular flexibility index (Phi) is 3.83. The number of carbonyl (C=O) groups excluding carboxylic acids is 1. The molecular formula is C19H18N6O2. The fraction of sp³-hybridized carbons (Fsp3) is 0.263. The van der Waals surface area contributed by atoms with E-state index in [1.165, 1.54) is 0 Å². The molecule has 0 bridgehead atoms. The van der Waals surface area contributed by atoms with Crippen LogP contribution >= 0.6 is 0 Å². The average molecular weight is 362 g/mol. The molecule has 0 atom stereocenters. The lowest BCUT2D eigenvalue weighted by atomic mass is 10.1. The monoisotopic (exact) mass is 362 g/mol. The minimum absolute atomic E-state index is 0.344. The SMILES string of the molecule is O=Cc1cnc2ccc(-c3ccn4nc(NC5CCOCC5)ncc34)cn12. The molecule has 0 aromatic carbocycles. The van der Waals surface area contributed by atoms with Gasteiger partial charge in [0, 0.05) is 42.8 Å². The van der Waals surface area contributed by atoms with Crippen molar-refractivity contribution in [2.45, 2.75) is 18.9 Å². The maximum atomic E-state index is 11.2. The summed E-state index contributed by atoms with van der Waals surface area (Å²) in [6.45, 7) is 1.54. The number of ether oxygens (including phenoxy) is 1. The van der Waals surface area contributed by atoms with Gasteiger partial charge in [-0.25, -0.2) is 14.5 Å². The van der Waals surface area contributed by atoms with Crippen LogP contribution in [0.3, 0.4) is 0 Å². The van der Waals surface area contributed by atoms with Gasteiger partial charge in [0.05, 0.1) is 17.9 Å². The molecule has 1 N–H and O–H groups in total. The van der Waals surface area contributed by atoms with Crippen molar-refractivity contribution in [3.8, 4) is 11.1 Å². The predicted molar refractivity (Wildman–Crippen MR) is 100 cm³/mol. The quantitative estimate of drug-likeness (QED) is 0.561. The molecule has 1 fully saturated rings. The van der Waals surface area contributed by atoms with Crippen molar-refractivity contribution < 1.29 is 9.53 Å². The van der Waals surface area contributed by atoms with E-state index < -0.39 is 0 Å². The van der Waals surface area contributed by atoms with Crippen LogP contribution < -0.4 is 5.32 Å². The van der Waals surface area contributed by atoms with Crippen LogP contribution in [0.15, 0.2) is 43.0 Å². The standard InChI is InChI=1S/C19H18N6O2/c26-12-15-9-20-18-2-1-13(11-24(15)18)16-3-6-25-17(16)10-21-19(23-25)22-14-4-7-27-8-5-14/h1-3,6,9-12,14H,4-5,7-8H2,(H,22,23). The van der Waals surface area contributed by atoms with Gasteiger partial charge >= 0.3 is 0 Å². The van der Waals surface area contributed by atoms with Gasteiger partial charge in [0.2, 0.25) is 5.95 Å².